The van der Waals surface area contributed by atoms with Crippen molar-refractivity contribution in [2.24, 2.45) is 0 Å². The maximum Gasteiger partial charge on any atom is 0.306 e. The minimum atomic E-state index is -0.785. The first-order valence-corrected chi connectivity index (χ1v) is 4.25. The second-order valence-corrected chi connectivity index (χ2v) is 3.21. The van der Waals surface area contributed by atoms with Gasteiger partial charge in [0.05, 0.1) is 6.42 Å². The van der Waals surface area contributed by atoms with Gasteiger partial charge in [-0.15, -0.1) is 0 Å². The molecule has 1 aliphatic heterocycles. The van der Waals surface area contributed by atoms with Gasteiger partial charge in [-0.1, -0.05) is 6.92 Å². The van der Waals surface area contributed by atoms with Crippen molar-refractivity contribution >= 4 is 5.97 Å². The Kier molecular flexibility index (Phi) is 3.05. The van der Waals surface area contributed by atoms with Gasteiger partial charge in [0.15, 0.2) is 0 Å². The fraction of sp³-hybridized carbons (Fsp3) is 0.875. The summed E-state index contributed by atoms with van der Waals surface area (Å²) in [6.07, 6.45) is 1.04. The third kappa shape index (κ3) is 2.19. The molecule has 0 aliphatic carbocycles. The Balaban J connectivity index is 2.34. The van der Waals surface area contributed by atoms with Crippen molar-refractivity contribution in [1.29, 1.82) is 0 Å². The summed E-state index contributed by atoms with van der Waals surface area (Å²) in [5, 5.41) is 11.6. The first-order chi connectivity index (χ1) is 5.68. The fourth-order valence-corrected chi connectivity index (χ4v) is 1.28. The monoisotopic (exact) mass is 173 g/mol. The van der Waals surface area contributed by atoms with Gasteiger partial charge < -0.3 is 15.2 Å². The van der Waals surface area contributed by atoms with Crippen LogP contribution in [0, 0.1) is 0 Å². The summed E-state index contributed by atoms with van der Waals surface area (Å²) in [6, 6.07) is 0. The Morgan fingerprint density at radius 1 is 1.67 bits per heavy atom. The maximum atomic E-state index is 10.5. The third-order valence-electron chi connectivity index (χ3n) is 1.98. The number of ether oxygens (including phenoxy) is 1. The molecule has 0 bridgehead atoms. The summed E-state index contributed by atoms with van der Waals surface area (Å²) < 4.78 is 5.48. The van der Waals surface area contributed by atoms with Crippen LogP contribution in [-0.4, -0.2) is 36.4 Å². The standard InChI is InChI=1S/C8H15NO3/c1-2-3-12-8(4-7(10)11)5-9-6-8/h9H,2-6H2,1H3,(H,10,11). The predicted molar refractivity (Wildman–Crippen MR) is 44.1 cm³/mol. The fourth-order valence-electron chi connectivity index (χ4n) is 1.28. The highest BCUT2D eigenvalue weighted by molar-refractivity contribution is 5.68. The molecular weight excluding hydrogens is 158 g/mol. The van der Waals surface area contributed by atoms with Crippen LogP contribution in [0.15, 0.2) is 0 Å². The van der Waals surface area contributed by atoms with E-state index in [1.54, 1.807) is 0 Å². The van der Waals surface area contributed by atoms with Crippen molar-refractivity contribution in [2.45, 2.75) is 25.4 Å². The molecular formula is C8H15NO3. The van der Waals surface area contributed by atoms with E-state index < -0.39 is 11.6 Å². The average molecular weight is 173 g/mol. The first kappa shape index (κ1) is 9.48. The van der Waals surface area contributed by atoms with E-state index in [0.717, 1.165) is 6.42 Å². The van der Waals surface area contributed by atoms with Crippen molar-refractivity contribution in [1.82, 2.24) is 5.32 Å². The first-order valence-electron chi connectivity index (χ1n) is 4.25. The zero-order chi connectivity index (χ0) is 9.03. The number of carboxylic acid groups (broad SMARTS) is 1. The Labute approximate surface area is 71.9 Å². The molecule has 0 aromatic heterocycles. The molecule has 1 fully saturated rings. The SMILES string of the molecule is CCCOC1(CC(=O)O)CNC1. The quantitative estimate of drug-likeness (QED) is 0.625. The molecule has 12 heavy (non-hydrogen) atoms. The Morgan fingerprint density at radius 2 is 2.33 bits per heavy atom. The highest BCUT2D eigenvalue weighted by Crippen LogP contribution is 2.21. The van der Waals surface area contributed by atoms with Gasteiger partial charge in [0, 0.05) is 19.7 Å². The lowest BCUT2D eigenvalue weighted by atomic mass is 9.93. The predicted octanol–water partition coefficient (Wildman–Crippen LogP) is 0.230. The van der Waals surface area contributed by atoms with E-state index in [1.807, 2.05) is 6.92 Å². The lowest BCUT2D eigenvalue weighted by Gasteiger charge is -2.41. The van der Waals surface area contributed by atoms with Gasteiger partial charge in [-0.05, 0) is 6.42 Å². The molecule has 0 unspecified atom stereocenters. The number of hydrogen-bond acceptors (Lipinski definition) is 3. The van der Waals surface area contributed by atoms with Crippen LogP contribution in [0.1, 0.15) is 19.8 Å². The smallest absolute Gasteiger partial charge is 0.306 e. The van der Waals surface area contributed by atoms with E-state index in [9.17, 15) is 4.79 Å². The van der Waals surface area contributed by atoms with Gasteiger partial charge >= 0.3 is 5.97 Å². The van der Waals surface area contributed by atoms with Gasteiger partial charge in [-0.25, -0.2) is 0 Å². The summed E-state index contributed by atoms with van der Waals surface area (Å²) in [5.74, 6) is -0.785. The molecule has 1 aliphatic rings. The number of aliphatic carboxylic acids is 1. The van der Waals surface area contributed by atoms with Gasteiger partial charge in [0.25, 0.3) is 0 Å². The van der Waals surface area contributed by atoms with Crippen LogP contribution >= 0.6 is 0 Å². The molecule has 0 saturated carbocycles. The van der Waals surface area contributed by atoms with Crippen LogP contribution in [-0.2, 0) is 9.53 Å². The van der Waals surface area contributed by atoms with Crippen LogP contribution < -0.4 is 5.32 Å². The molecule has 0 aromatic rings. The molecule has 0 atom stereocenters. The molecule has 1 saturated heterocycles. The number of rotatable bonds is 5. The molecule has 1 heterocycles. The molecule has 0 aromatic carbocycles. The summed E-state index contributed by atoms with van der Waals surface area (Å²) in [5.41, 5.74) is -0.415. The summed E-state index contributed by atoms with van der Waals surface area (Å²) >= 11 is 0. The summed E-state index contributed by atoms with van der Waals surface area (Å²) in [7, 11) is 0. The number of carboxylic acids is 1. The molecule has 4 heteroatoms. The van der Waals surface area contributed by atoms with E-state index in [2.05, 4.69) is 5.32 Å². The van der Waals surface area contributed by atoms with E-state index in [1.165, 1.54) is 0 Å². The van der Waals surface area contributed by atoms with Crippen molar-refractivity contribution in [3.8, 4) is 0 Å². The highest BCUT2D eigenvalue weighted by atomic mass is 16.5. The summed E-state index contributed by atoms with van der Waals surface area (Å²) in [4.78, 5) is 10.5. The van der Waals surface area contributed by atoms with Crippen LogP contribution in [0.3, 0.4) is 0 Å². The highest BCUT2D eigenvalue weighted by Gasteiger charge is 2.39. The van der Waals surface area contributed by atoms with Gasteiger partial charge in [-0.3, -0.25) is 4.79 Å². The van der Waals surface area contributed by atoms with Crippen molar-refractivity contribution in [3.05, 3.63) is 0 Å². The van der Waals surface area contributed by atoms with E-state index in [-0.39, 0.29) is 6.42 Å². The van der Waals surface area contributed by atoms with Gasteiger partial charge in [0.1, 0.15) is 5.60 Å². The van der Waals surface area contributed by atoms with Gasteiger partial charge in [-0.2, -0.15) is 0 Å². The Bertz CT molecular complexity index is 166. The zero-order valence-corrected chi connectivity index (χ0v) is 7.30. The second kappa shape index (κ2) is 3.87. The van der Waals surface area contributed by atoms with Gasteiger partial charge in [0.2, 0.25) is 0 Å². The van der Waals surface area contributed by atoms with Crippen molar-refractivity contribution < 1.29 is 14.6 Å². The van der Waals surface area contributed by atoms with Crippen LogP contribution in [0.4, 0.5) is 0 Å². The lowest BCUT2D eigenvalue weighted by molar-refractivity contribution is -0.150. The second-order valence-electron chi connectivity index (χ2n) is 3.21. The topological polar surface area (TPSA) is 58.6 Å². The number of nitrogens with one attached hydrogen (secondary N) is 1. The van der Waals surface area contributed by atoms with E-state index >= 15 is 0 Å². The minimum Gasteiger partial charge on any atom is -0.481 e. The van der Waals surface area contributed by atoms with Crippen LogP contribution in [0.25, 0.3) is 0 Å². The molecule has 0 radical (unpaired) electrons. The average Bonchev–Trinajstić information content (AvgIpc) is 1.94. The molecule has 0 spiro atoms. The Morgan fingerprint density at radius 3 is 2.67 bits per heavy atom. The van der Waals surface area contributed by atoms with Crippen LogP contribution in [0.5, 0.6) is 0 Å². The minimum absolute atomic E-state index is 0.111. The molecule has 4 nitrogen and oxygen atoms in total. The number of hydrogen-bond donors (Lipinski definition) is 2. The largest absolute Gasteiger partial charge is 0.481 e. The third-order valence-corrected chi connectivity index (χ3v) is 1.98. The zero-order valence-electron chi connectivity index (χ0n) is 7.30. The normalized spacial score (nSPS) is 20.1. The summed E-state index contributed by atoms with van der Waals surface area (Å²) in [6.45, 7) is 3.99. The maximum absolute atomic E-state index is 10.5. The lowest BCUT2D eigenvalue weighted by Crippen LogP contribution is -2.62. The molecule has 2 N–H and O–H groups in total. The number of carbonyl (C=O) groups is 1. The van der Waals surface area contributed by atoms with E-state index in [4.69, 9.17) is 9.84 Å². The molecule has 0 amide bonds. The Hall–Kier alpha value is -0.610. The van der Waals surface area contributed by atoms with Crippen LogP contribution in [0.2, 0.25) is 0 Å². The molecule has 70 valence electrons. The van der Waals surface area contributed by atoms with E-state index in [0.29, 0.717) is 19.7 Å². The van der Waals surface area contributed by atoms with Crippen molar-refractivity contribution in [2.75, 3.05) is 19.7 Å². The van der Waals surface area contributed by atoms with Crippen molar-refractivity contribution in [3.63, 3.8) is 0 Å². The molecule has 1 rings (SSSR count).